The van der Waals surface area contributed by atoms with Crippen molar-refractivity contribution in [3.05, 3.63) is 54.0 Å². The molecule has 4 heterocycles. The van der Waals surface area contributed by atoms with Crippen molar-refractivity contribution in [1.29, 1.82) is 0 Å². The number of anilines is 2. The molecule has 10 nitrogen and oxygen atoms in total. The van der Waals surface area contributed by atoms with Crippen LogP contribution in [-0.2, 0) is 4.74 Å². The minimum atomic E-state index is -0.492. The van der Waals surface area contributed by atoms with Crippen LogP contribution in [0.1, 0.15) is 51.7 Å². The molecule has 37 heavy (non-hydrogen) atoms. The van der Waals surface area contributed by atoms with Gasteiger partial charge in [-0.05, 0) is 56.5 Å². The molecule has 0 radical (unpaired) electrons. The molecule has 10 heteroatoms. The molecular weight excluding hydrogens is 468 g/mol. The predicted octanol–water partition coefficient (Wildman–Crippen LogP) is 4.52. The molecule has 0 aliphatic carbocycles. The number of aliphatic imine (C=N–C) groups is 1. The first-order valence-electron chi connectivity index (χ1n) is 12.4. The van der Waals surface area contributed by atoms with Crippen LogP contribution in [0.3, 0.4) is 0 Å². The fourth-order valence-corrected chi connectivity index (χ4v) is 3.80. The number of fused-ring (bicyclic) bond motifs is 1. The molecule has 0 saturated carbocycles. The molecule has 3 aromatic rings. The second-order valence-corrected chi connectivity index (χ2v) is 10.5. The average Bonchev–Trinajstić information content (AvgIpc) is 2.81. The van der Waals surface area contributed by atoms with Crippen molar-refractivity contribution in [2.75, 3.05) is 25.0 Å². The molecule has 4 rings (SSSR count). The fraction of sp³-hybridized carbons (Fsp3) is 0.407. The zero-order valence-electron chi connectivity index (χ0n) is 22.0. The Labute approximate surface area is 217 Å². The molecule has 1 aliphatic rings. The van der Waals surface area contributed by atoms with Gasteiger partial charge in [0.15, 0.2) is 5.82 Å². The van der Waals surface area contributed by atoms with Crippen molar-refractivity contribution in [2.45, 2.75) is 46.1 Å². The van der Waals surface area contributed by atoms with E-state index in [-0.39, 0.29) is 6.09 Å². The Morgan fingerprint density at radius 1 is 1.22 bits per heavy atom. The molecule has 3 aromatic heterocycles. The fourth-order valence-electron chi connectivity index (χ4n) is 3.80. The molecule has 3 N–H and O–H groups in total. The zero-order valence-corrected chi connectivity index (χ0v) is 22.0. The number of allylic oxidation sites excluding steroid dienone is 1. The SMILES string of the molecule is CC(C)c1cnnc(Nc2ccc3ncc(C(C=NCC4CN(C(=O)OC(C)(C)C)C4)=CN)cc3n2)c1. The highest BCUT2D eigenvalue weighted by Gasteiger charge is 2.33. The Bertz CT molecular complexity index is 1320. The first kappa shape index (κ1) is 26.0. The van der Waals surface area contributed by atoms with Gasteiger partial charge in [-0.3, -0.25) is 9.98 Å². The third-order valence-electron chi connectivity index (χ3n) is 5.85. The van der Waals surface area contributed by atoms with Gasteiger partial charge in [0.1, 0.15) is 11.4 Å². The van der Waals surface area contributed by atoms with Gasteiger partial charge in [-0.25, -0.2) is 9.78 Å². The summed E-state index contributed by atoms with van der Waals surface area (Å²) in [7, 11) is 0. The van der Waals surface area contributed by atoms with Crippen LogP contribution in [0.4, 0.5) is 16.4 Å². The van der Waals surface area contributed by atoms with Crippen LogP contribution in [0.2, 0.25) is 0 Å². The molecule has 1 amide bonds. The largest absolute Gasteiger partial charge is 0.444 e. The summed E-state index contributed by atoms with van der Waals surface area (Å²) in [6, 6.07) is 7.67. The van der Waals surface area contributed by atoms with Crippen LogP contribution >= 0.6 is 0 Å². The number of ether oxygens (including phenoxy) is 1. The van der Waals surface area contributed by atoms with Crippen LogP contribution in [0.5, 0.6) is 0 Å². The first-order chi connectivity index (χ1) is 17.6. The second-order valence-electron chi connectivity index (χ2n) is 10.5. The number of carbonyl (C=O) groups excluding carboxylic acids is 1. The van der Waals surface area contributed by atoms with Crippen molar-refractivity contribution in [2.24, 2.45) is 16.6 Å². The van der Waals surface area contributed by atoms with Gasteiger partial charge in [-0.1, -0.05) is 13.8 Å². The lowest BCUT2D eigenvalue weighted by atomic mass is 10.0. The summed E-state index contributed by atoms with van der Waals surface area (Å²) in [6.07, 6.45) is 6.50. The Morgan fingerprint density at radius 3 is 2.70 bits per heavy atom. The molecule has 0 unspecified atom stereocenters. The monoisotopic (exact) mass is 502 g/mol. The van der Waals surface area contributed by atoms with Gasteiger partial charge in [0.25, 0.3) is 0 Å². The number of aromatic nitrogens is 4. The van der Waals surface area contributed by atoms with E-state index in [0.717, 1.165) is 27.7 Å². The van der Waals surface area contributed by atoms with Crippen LogP contribution < -0.4 is 11.1 Å². The number of nitrogens with zero attached hydrogens (tertiary/aromatic N) is 6. The molecule has 194 valence electrons. The zero-order chi connectivity index (χ0) is 26.6. The summed E-state index contributed by atoms with van der Waals surface area (Å²) in [5, 5.41) is 11.5. The van der Waals surface area contributed by atoms with E-state index in [0.29, 0.717) is 43.1 Å². The van der Waals surface area contributed by atoms with E-state index >= 15 is 0 Å². The van der Waals surface area contributed by atoms with Crippen LogP contribution in [0.15, 0.2) is 47.9 Å². The number of amides is 1. The predicted molar refractivity (Wildman–Crippen MR) is 146 cm³/mol. The minimum Gasteiger partial charge on any atom is -0.444 e. The number of rotatable bonds is 7. The van der Waals surface area contributed by atoms with Gasteiger partial charge in [-0.2, -0.15) is 5.10 Å². The van der Waals surface area contributed by atoms with Gasteiger partial charge in [0, 0.05) is 55.3 Å². The number of nitrogens with one attached hydrogen (secondary N) is 1. The van der Waals surface area contributed by atoms with Gasteiger partial charge in [0.2, 0.25) is 0 Å². The van der Waals surface area contributed by atoms with E-state index in [9.17, 15) is 4.79 Å². The summed E-state index contributed by atoms with van der Waals surface area (Å²) >= 11 is 0. The quantitative estimate of drug-likeness (QED) is 0.451. The van der Waals surface area contributed by atoms with E-state index < -0.39 is 5.60 Å². The molecule has 1 fully saturated rings. The maximum absolute atomic E-state index is 12.1. The topological polar surface area (TPSA) is 132 Å². The first-order valence-corrected chi connectivity index (χ1v) is 12.4. The van der Waals surface area contributed by atoms with Gasteiger partial charge < -0.3 is 20.7 Å². The number of pyridine rings is 2. The van der Waals surface area contributed by atoms with E-state index in [4.69, 9.17) is 15.5 Å². The summed E-state index contributed by atoms with van der Waals surface area (Å²) in [6.45, 7) is 11.7. The van der Waals surface area contributed by atoms with Gasteiger partial charge in [0.05, 0.1) is 17.2 Å². The van der Waals surface area contributed by atoms with Crippen molar-refractivity contribution < 1.29 is 9.53 Å². The molecule has 1 aliphatic heterocycles. The number of likely N-dealkylation sites (tertiary alicyclic amines) is 1. The Morgan fingerprint density at radius 2 is 2.00 bits per heavy atom. The molecular formula is C27H34N8O2. The Kier molecular flexibility index (Phi) is 7.66. The van der Waals surface area contributed by atoms with Crippen LogP contribution in [0.25, 0.3) is 16.6 Å². The summed E-state index contributed by atoms with van der Waals surface area (Å²) < 4.78 is 5.40. The van der Waals surface area contributed by atoms with E-state index in [1.165, 1.54) is 6.20 Å². The Hall–Kier alpha value is -4.08. The third kappa shape index (κ3) is 6.78. The van der Waals surface area contributed by atoms with E-state index in [1.807, 2.05) is 45.0 Å². The highest BCUT2D eigenvalue weighted by Crippen LogP contribution is 2.23. The summed E-state index contributed by atoms with van der Waals surface area (Å²) in [4.78, 5) is 27.6. The highest BCUT2D eigenvalue weighted by atomic mass is 16.6. The average molecular weight is 503 g/mol. The number of carbonyl (C=O) groups is 1. The molecule has 0 bridgehead atoms. The summed E-state index contributed by atoms with van der Waals surface area (Å²) in [5.74, 6) is 1.93. The lowest BCUT2D eigenvalue weighted by Gasteiger charge is -2.39. The van der Waals surface area contributed by atoms with Crippen molar-refractivity contribution in [1.82, 2.24) is 25.1 Å². The lowest BCUT2D eigenvalue weighted by Crippen LogP contribution is -2.52. The minimum absolute atomic E-state index is 0.279. The van der Waals surface area contributed by atoms with Crippen molar-refractivity contribution in [3.63, 3.8) is 0 Å². The van der Waals surface area contributed by atoms with Crippen LogP contribution in [0, 0.1) is 5.92 Å². The molecule has 0 aromatic carbocycles. The van der Waals surface area contributed by atoms with Gasteiger partial charge in [-0.15, -0.1) is 5.10 Å². The summed E-state index contributed by atoms with van der Waals surface area (Å²) in [5.41, 5.74) is 9.55. The smallest absolute Gasteiger partial charge is 0.410 e. The molecule has 1 saturated heterocycles. The number of hydrogen-bond donors (Lipinski definition) is 2. The standard InChI is InChI=1S/C27H34N8O2/c1-17(2)19-9-25(34-31-14-19)33-24-7-6-22-23(32-24)8-20(13-30-22)21(10-28)12-29-11-18-15-35(16-18)26(36)37-27(3,4)5/h6-10,12-14,17-18H,11,15-16,28H2,1-5H3,(H,32,33,34). The van der Waals surface area contributed by atoms with Gasteiger partial charge >= 0.3 is 6.09 Å². The Balaban J connectivity index is 1.39. The molecule has 0 spiro atoms. The maximum Gasteiger partial charge on any atom is 0.410 e. The van der Waals surface area contributed by atoms with Crippen LogP contribution in [-0.4, -0.2) is 62.6 Å². The third-order valence-corrected chi connectivity index (χ3v) is 5.85. The van der Waals surface area contributed by atoms with Crippen molar-refractivity contribution >= 4 is 40.6 Å². The normalized spacial score (nSPS) is 14.9. The highest BCUT2D eigenvalue weighted by molar-refractivity contribution is 6.10. The lowest BCUT2D eigenvalue weighted by molar-refractivity contribution is 0.000416. The second kappa shape index (κ2) is 10.9. The van der Waals surface area contributed by atoms with E-state index in [2.05, 4.69) is 39.3 Å². The number of hydrogen-bond acceptors (Lipinski definition) is 9. The maximum atomic E-state index is 12.1. The van der Waals surface area contributed by atoms with E-state index in [1.54, 1.807) is 23.5 Å². The number of nitrogens with two attached hydrogens (primary N) is 1. The molecule has 0 atom stereocenters. The van der Waals surface area contributed by atoms with Crippen molar-refractivity contribution in [3.8, 4) is 0 Å².